The van der Waals surface area contributed by atoms with Crippen molar-refractivity contribution in [3.8, 4) is 0 Å². The predicted molar refractivity (Wildman–Crippen MR) is 86.8 cm³/mol. The molecule has 132 valence electrons. The van der Waals surface area contributed by atoms with Crippen molar-refractivity contribution < 1.29 is 19.1 Å². The standard InChI is InChI=1S/C16H29N3O4/c1-16(2,3)12(14(21)23-6)17-13(20)11-8-7-9-19(10-11)15(22)18(4)5/h11-12H,7-10H2,1-6H3,(H,17,20)/t11-,12-/m1/s1. The van der Waals surface area contributed by atoms with E-state index < -0.39 is 17.4 Å². The molecule has 1 fully saturated rings. The number of carbonyl (C=O) groups is 3. The van der Waals surface area contributed by atoms with Crippen LogP contribution in [0.2, 0.25) is 0 Å². The van der Waals surface area contributed by atoms with E-state index in [9.17, 15) is 14.4 Å². The lowest BCUT2D eigenvalue weighted by atomic mass is 9.86. The van der Waals surface area contributed by atoms with Crippen molar-refractivity contribution in [2.45, 2.75) is 39.7 Å². The van der Waals surface area contributed by atoms with Crippen molar-refractivity contribution >= 4 is 17.9 Å². The topological polar surface area (TPSA) is 79.0 Å². The van der Waals surface area contributed by atoms with Crippen LogP contribution in [0.25, 0.3) is 0 Å². The van der Waals surface area contributed by atoms with Gasteiger partial charge >= 0.3 is 12.0 Å². The first kappa shape index (κ1) is 19.3. The number of ether oxygens (including phenoxy) is 1. The third kappa shape index (κ3) is 5.11. The van der Waals surface area contributed by atoms with E-state index in [4.69, 9.17) is 4.74 Å². The van der Waals surface area contributed by atoms with Gasteiger partial charge in [0.15, 0.2) is 0 Å². The van der Waals surface area contributed by atoms with Crippen molar-refractivity contribution in [1.82, 2.24) is 15.1 Å². The van der Waals surface area contributed by atoms with Crippen LogP contribution >= 0.6 is 0 Å². The maximum atomic E-state index is 12.5. The van der Waals surface area contributed by atoms with Gasteiger partial charge in [0.2, 0.25) is 5.91 Å². The van der Waals surface area contributed by atoms with Crippen LogP contribution in [0.1, 0.15) is 33.6 Å². The van der Waals surface area contributed by atoms with Crippen LogP contribution in [-0.2, 0) is 14.3 Å². The number of nitrogens with zero attached hydrogens (tertiary/aromatic N) is 2. The molecule has 1 saturated heterocycles. The molecule has 0 radical (unpaired) electrons. The van der Waals surface area contributed by atoms with Crippen LogP contribution < -0.4 is 5.32 Å². The molecule has 0 unspecified atom stereocenters. The summed E-state index contributed by atoms with van der Waals surface area (Å²) in [6.45, 7) is 6.65. The Morgan fingerprint density at radius 1 is 1.26 bits per heavy atom. The molecule has 0 aromatic carbocycles. The number of methoxy groups -OCH3 is 1. The molecule has 0 saturated carbocycles. The molecule has 2 atom stereocenters. The first-order valence-corrected chi connectivity index (χ1v) is 7.92. The largest absolute Gasteiger partial charge is 0.467 e. The van der Waals surface area contributed by atoms with Gasteiger partial charge in [-0.1, -0.05) is 20.8 Å². The van der Waals surface area contributed by atoms with Crippen LogP contribution in [0.15, 0.2) is 0 Å². The Hall–Kier alpha value is -1.79. The summed E-state index contributed by atoms with van der Waals surface area (Å²) >= 11 is 0. The molecule has 1 N–H and O–H groups in total. The third-order valence-corrected chi connectivity index (χ3v) is 4.03. The highest BCUT2D eigenvalue weighted by atomic mass is 16.5. The molecular formula is C16H29N3O4. The highest BCUT2D eigenvalue weighted by molar-refractivity contribution is 5.87. The van der Waals surface area contributed by atoms with E-state index in [1.165, 1.54) is 12.0 Å². The maximum Gasteiger partial charge on any atom is 0.328 e. The number of urea groups is 1. The molecule has 0 aromatic rings. The van der Waals surface area contributed by atoms with E-state index in [1.807, 2.05) is 20.8 Å². The lowest BCUT2D eigenvalue weighted by Crippen LogP contribution is -2.54. The number of esters is 1. The second-order valence-electron chi connectivity index (χ2n) is 7.29. The van der Waals surface area contributed by atoms with Gasteiger partial charge in [-0.2, -0.15) is 0 Å². The van der Waals surface area contributed by atoms with Gasteiger partial charge in [0.25, 0.3) is 0 Å². The van der Waals surface area contributed by atoms with Crippen molar-refractivity contribution in [3.05, 3.63) is 0 Å². The average molecular weight is 327 g/mol. The Balaban J connectivity index is 2.76. The summed E-state index contributed by atoms with van der Waals surface area (Å²) in [4.78, 5) is 39.7. The summed E-state index contributed by atoms with van der Waals surface area (Å²) in [6.07, 6.45) is 1.48. The van der Waals surface area contributed by atoms with E-state index >= 15 is 0 Å². The third-order valence-electron chi connectivity index (χ3n) is 4.03. The summed E-state index contributed by atoms with van der Waals surface area (Å²) < 4.78 is 4.79. The Kier molecular flexibility index (Phi) is 6.41. The monoisotopic (exact) mass is 327 g/mol. The Labute approximate surface area is 138 Å². The Bertz CT molecular complexity index is 457. The maximum absolute atomic E-state index is 12.5. The Morgan fingerprint density at radius 2 is 1.87 bits per heavy atom. The zero-order valence-corrected chi connectivity index (χ0v) is 15.0. The average Bonchev–Trinajstić information content (AvgIpc) is 2.49. The normalized spacial score (nSPS) is 19.7. The quantitative estimate of drug-likeness (QED) is 0.787. The van der Waals surface area contributed by atoms with Crippen LogP contribution in [0.5, 0.6) is 0 Å². The van der Waals surface area contributed by atoms with Gasteiger partial charge in [0.05, 0.1) is 13.0 Å². The molecule has 0 aliphatic carbocycles. The van der Waals surface area contributed by atoms with Crippen LogP contribution in [0.4, 0.5) is 4.79 Å². The van der Waals surface area contributed by atoms with Crippen molar-refractivity contribution in [2.75, 3.05) is 34.3 Å². The van der Waals surface area contributed by atoms with E-state index in [2.05, 4.69) is 5.32 Å². The minimum Gasteiger partial charge on any atom is -0.467 e. The molecule has 7 heteroatoms. The zero-order valence-electron chi connectivity index (χ0n) is 15.0. The molecule has 23 heavy (non-hydrogen) atoms. The minimum absolute atomic E-state index is 0.0946. The summed E-state index contributed by atoms with van der Waals surface area (Å²) in [7, 11) is 4.70. The summed E-state index contributed by atoms with van der Waals surface area (Å²) in [5.41, 5.74) is -0.448. The second-order valence-corrected chi connectivity index (χ2v) is 7.29. The fraction of sp³-hybridized carbons (Fsp3) is 0.812. The fourth-order valence-corrected chi connectivity index (χ4v) is 2.65. The number of hydrogen-bond acceptors (Lipinski definition) is 4. The van der Waals surface area contributed by atoms with Gasteiger partial charge in [-0.05, 0) is 18.3 Å². The summed E-state index contributed by atoms with van der Waals surface area (Å²) in [5.74, 6) is -0.961. The zero-order chi connectivity index (χ0) is 17.8. The lowest BCUT2D eigenvalue weighted by Gasteiger charge is -2.35. The van der Waals surface area contributed by atoms with Crippen LogP contribution in [0.3, 0.4) is 0 Å². The summed E-state index contributed by atoms with van der Waals surface area (Å²) in [5, 5.41) is 2.80. The molecule has 0 aromatic heterocycles. The van der Waals surface area contributed by atoms with Crippen molar-refractivity contribution in [3.63, 3.8) is 0 Å². The van der Waals surface area contributed by atoms with Crippen molar-refractivity contribution in [1.29, 1.82) is 0 Å². The lowest BCUT2D eigenvalue weighted by molar-refractivity contribution is -0.149. The first-order valence-electron chi connectivity index (χ1n) is 7.92. The molecule has 1 rings (SSSR count). The fourth-order valence-electron chi connectivity index (χ4n) is 2.65. The first-order chi connectivity index (χ1) is 10.6. The highest BCUT2D eigenvalue weighted by Gasteiger charge is 2.36. The number of piperidine rings is 1. The minimum atomic E-state index is -0.708. The van der Waals surface area contributed by atoms with Gasteiger partial charge in [-0.3, -0.25) is 4.79 Å². The van der Waals surface area contributed by atoms with E-state index in [0.29, 0.717) is 19.5 Å². The number of likely N-dealkylation sites (tertiary alicyclic amines) is 1. The smallest absolute Gasteiger partial charge is 0.328 e. The highest BCUT2D eigenvalue weighted by Crippen LogP contribution is 2.23. The van der Waals surface area contributed by atoms with Crippen LogP contribution in [-0.4, -0.2) is 68.0 Å². The molecular weight excluding hydrogens is 298 g/mol. The number of nitrogens with one attached hydrogen (secondary N) is 1. The van der Waals surface area contributed by atoms with E-state index in [0.717, 1.165) is 6.42 Å². The predicted octanol–water partition coefficient (Wildman–Crippen LogP) is 1.08. The van der Waals surface area contributed by atoms with Gasteiger partial charge in [0.1, 0.15) is 6.04 Å². The molecule has 3 amide bonds. The molecule has 0 spiro atoms. The van der Waals surface area contributed by atoms with E-state index in [-0.39, 0.29) is 17.9 Å². The Morgan fingerprint density at radius 3 is 2.35 bits per heavy atom. The molecule has 1 aliphatic rings. The number of hydrogen-bond donors (Lipinski definition) is 1. The van der Waals surface area contributed by atoms with Gasteiger partial charge < -0.3 is 19.9 Å². The number of amides is 3. The molecule has 7 nitrogen and oxygen atoms in total. The molecule has 1 aliphatic heterocycles. The van der Waals surface area contributed by atoms with Crippen LogP contribution in [0, 0.1) is 11.3 Å². The number of rotatable bonds is 3. The van der Waals surface area contributed by atoms with Crippen molar-refractivity contribution in [2.24, 2.45) is 11.3 Å². The SMILES string of the molecule is COC(=O)[C@@H](NC(=O)[C@@H]1CCCN(C(=O)N(C)C)C1)C(C)(C)C. The van der Waals surface area contributed by atoms with Gasteiger partial charge in [-0.15, -0.1) is 0 Å². The second kappa shape index (κ2) is 7.66. The van der Waals surface area contributed by atoms with Gasteiger partial charge in [0, 0.05) is 27.2 Å². The number of carbonyl (C=O) groups excluding carboxylic acids is 3. The van der Waals surface area contributed by atoms with E-state index in [1.54, 1.807) is 19.0 Å². The summed E-state index contributed by atoms with van der Waals surface area (Å²) in [6, 6.07) is -0.803. The van der Waals surface area contributed by atoms with Gasteiger partial charge in [-0.25, -0.2) is 9.59 Å². The molecule has 1 heterocycles. The molecule has 0 bridgehead atoms.